The maximum absolute atomic E-state index is 12.4. The quantitative estimate of drug-likeness (QED) is 0.822. The van der Waals surface area contributed by atoms with E-state index in [1.54, 1.807) is 20.8 Å². The highest BCUT2D eigenvalue weighted by Crippen LogP contribution is 2.29. The molecule has 1 rings (SSSR count). The lowest BCUT2D eigenvalue weighted by atomic mass is 10.3. The Morgan fingerprint density at radius 1 is 1.47 bits per heavy atom. The fourth-order valence-corrected chi connectivity index (χ4v) is 4.80. The second-order valence-electron chi connectivity index (χ2n) is 4.32. The van der Waals surface area contributed by atoms with E-state index >= 15 is 0 Å². The van der Waals surface area contributed by atoms with E-state index in [2.05, 4.69) is 0 Å². The molecular formula is C11H17NO5S2. The number of carboxylic acids is 1. The summed E-state index contributed by atoms with van der Waals surface area (Å²) < 4.78 is 25.9. The van der Waals surface area contributed by atoms with E-state index in [4.69, 9.17) is 10.2 Å². The van der Waals surface area contributed by atoms with Gasteiger partial charge in [0, 0.05) is 12.6 Å². The van der Waals surface area contributed by atoms with Crippen molar-refractivity contribution in [3.8, 4) is 0 Å². The Morgan fingerprint density at radius 2 is 2.05 bits per heavy atom. The van der Waals surface area contributed by atoms with Crippen LogP contribution in [-0.4, -0.2) is 48.1 Å². The first-order valence-corrected chi connectivity index (χ1v) is 7.94. The highest BCUT2D eigenvalue weighted by molar-refractivity contribution is 7.91. The molecule has 6 nitrogen and oxygen atoms in total. The Morgan fingerprint density at radius 3 is 2.42 bits per heavy atom. The van der Waals surface area contributed by atoms with E-state index in [0.717, 1.165) is 15.6 Å². The number of sulfonamides is 1. The van der Waals surface area contributed by atoms with Crippen LogP contribution in [0.4, 0.5) is 0 Å². The van der Waals surface area contributed by atoms with Gasteiger partial charge in [-0.05, 0) is 32.4 Å². The number of thiophene rings is 1. The summed E-state index contributed by atoms with van der Waals surface area (Å²) in [6.45, 7) is 4.66. The number of carbonyl (C=O) groups is 1. The number of aliphatic hydroxyl groups excluding tert-OH is 1. The van der Waals surface area contributed by atoms with Crippen molar-refractivity contribution in [2.24, 2.45) is 0 Å². The van der Waals surface area contributed by atoms with E-state index < -0.39 is 16.0 Å². The van der Waals surface area contributed by atoms with E-state index in [0.29, 0.717) is 5.56 Å². The number of aliphatic hydroxyl groups is 1. The molecule has 0 saturated carbocycles. The SMILES string of the molecule is Cc1cc(S(=O)(=O)N(CCO)C(C)C)sc1C(=O)O. The van der Waals surface area contributed by atoms with Gasteiger partial charge >= 0.3 is 5.97 Å². The van der Waals surface area contributed by atoms with Crippen LogP contribution in [0.5, 0.6) is 0 Å². The van der Waals surface area contributed by atoms with Gasteiger partial charge in [0.1, 0.15) is 9.09 Å². The molecule has 0 aliphatic carbocycles. The average molecular weight is 307 g/mol. The van der Waals surface area contributed by atoms with Gasteiger partial charge in [-0.1, -0.05) is 0 Å². The predicted octanol–water partition coefficient (Wildman–Crippen LogP) is 1.15. The molecule has 0 unspecified atom stereocenters. The van der Waals surface area contributed by atoms with Crippen LogP contribution in [0.15, 0.2) is 10.3 Å². The average Bonchev–Trinajstić information content (AvgIpc) is 2.68. The van der Waals surface area contributed by atoms with E-state index in [1.807, 2.05) is 0 Å². The summed E-state index contributed by atoms with van der Waals surface area (Å²) >= 11 is 0.735. The third-order valence-corrected chi connectivity index (χ3v) is 6.30. The lowest BCUT2D eigenvalue weighted by molar-refractivity contribution is 0.0701. The third-order valence-electron chi connectivity index (χ3n) is 2.55. The van der Waals surface area contributed by atoms with E-state index in [-0.39, 0.29) is 28.3 Å². The highest BCUT2D eigenvalue weighted by Gasteiger charge is 2.29. The molecule has 0 amide bonds. The summed E-state index contributed by atoms with van der Waals surface area (Å²) in [5, 5.41) is 17.9. The van der Waals surface area contributed by atoms with Crippen molar-refractivity contribution in [3.05, 3.63) is 16.5 Å². The predicted molar refractivity (Wildman–Crippen MR) is 72.1 cm³/mol. The molecular weight excluding hydrogens is 290 g/mol. The number of rotatable bonds is 6. The fourth-order valence-electron chi connectivity index (χ4n) is 1.66. The molecule has 0 bridgehead atoms. The number of carboxylic acid groups (broad SMARTS) is 1. The van der Waals surface area contributed by atoms with Gasteiger partial charge in [-0.25, -0.2) is 13.2 Å². The molecule has 1 aromatic heterocycles. The van der Waals surface area contributed by atoms with Crippen LogP contribution >= 0.6 is 11.3 Å². The van der Waals surface area contributed by atoms with Crippen LogP contribution in [0.3, 0.4) is 0 Å². The van der Waals surface area contributed by atoms with E-state index in [9.17, 15) is 13.2 Å². The second-order valence-corrected chi connectivity index (χ2v) is 7.49. The lowest BCUT2D eigenvalue weighted by Gasteiger charge is -2.24. The number of nitrogens with zero attached hydrogens (tertiary/aromatic N) is 1. The van der Waals surface area contributed by atoms with Gasteiger partial charge in [-0.15, -0.1) is 11.3 Å². The molecule has 1 aromatic rings. The van der Waals surface area contributed by atoms with Crippen molar-refractivity contribution in [2.45, 2.75) is 31.0 Å². The van der Waals surface area contributed by atoms with Crippen molar-refractivity contribution < 1.29 is 23.4 Å². The molecule has 0 radical (unpaired) electrons. The maximum Gasteiger partial charge on any atom is 0.346 e. The first-order chi connectivity index (χ1) is 8.71. The van der Waals surface area contributed by atoms with Gasteiger partial charge in [-0.3, -0.25) is 0 Å². The number of hydrogen-bond donors (Lipinski definition) is 2. The highest BCUT2D eigenvalue weighted by atomic mass is 32.2. The Balaban J connectivity index is 3.26. The Hall–Kier alpha value is -0.960. The first-order valence-electron chi connectivity index (χ1n) is 5.68. The Labute approximate surface area is 116 Å². The smallest absolute Gasteiger partial charge is 0.346 e. The number of aryl methyl sites for hydroxylation is 1. The van der Waals surface area contributed by atoms with Crippen LogP contribution in [0, 0.1) is 6.92 Å². The minimum absolute atomic E-state index is 0.00968. The van der Waals surface area contributed by atoms with Crippen LogP contribution in [-0.2, 0) is 10.0 Å². The largest absolute Gasteiger partial charge is 0.477 e. The third kappa shape index (κ3) is 3.33. The molecule has 8 heteroatoms. The van der Waals surface area contributed by atoms with Crippen LogP contribution in [0.1, 0.15) is 29.1 Å². The lowest BCUT2D eigenvalue weighted by Crippen LogP contribution is -2.38. The zero-order valence-corrected chi connectivity index (χ0v) is 12.6. The van der Waals surface area contributed by atoms with Crippen LogP contribution < -0.4 is 0 Å². The van der Waals surface area contributed by atoms with Gasteiger partial charge in [-0.2, -0.15) is 4.31 Å². The zero-order valence-electron chi connectivity index (χ0n) is 11.0. The van der Waals surface area contributed by atoms with Crippen molar-refractivity contribution in [3.63, 3.8) is 0 Å². The molecule has 19 heavy (non-hydrogen) atoms. The summed E-state index contributed by atoms with van der Waals surface area (Å²) in [5.74, 6) is -1.14. The van der Waals surface area contributed by atoms with E-state index in [1.165, 1.54) is 6.07 Å². The maximum atomic E-state index is 12.4. The monoisotopic (exact) mass is 307 g/mol. The molecule has 0 saturated heterocycles. The molecule has 0 spiro atoms. The summed E-state index contributed by atoms with van der Waals surface area (Å²) in [6.07, 6.45) is 0. The first kappa shape index (κ1) is 16.1. The number of aromatic carboxylic acids is 1. The van der Waals surface area contributed by atoms with Crippen molar-refractivity contribution in [1.29, 1.82) is 0 Å². The minimum atomic E-state index is -3.77. The summed E-state index contributed by atoms with van der Waals surface area (Å²) in [5.41, 5.74) is 0.420. The molecule has 0 fully saturated rings. The van der Waals surface area contributed by atoms with Crippen LogP contribution in [0.2, 0.25) is 0 Å². The zero-order chi connectivity index (χ0) is 14.8. The van der Waals surface area contributed by atoms with Crippen molar-refractivity contribution in [1.82, 2.24) is 4.31 Å². The standard InChI is InChI=1S/C11H17NO5S2/c1-7(2)12(4-5-13)19(16,17)9-6-8(3)10(18-9)11(14)15/h6-7,13H,4-5H2,1-3H3,(H,14,15). The van der Waals surface area contributed by atoms with Gasteiger partial charge in [0.25, 0.3) is 10.0 Å². The molecule has 0 atom stereocenters. The van der Waals surface area contributed by atoms with Crippen LogP contribution in [0.25, 0.3) is 0 Å². The Bertz CT molecular complexity index is 562. The van der Waals surface area contributed by atoms with Crippen molar-refractivity contribution >= 4 is 27.3 Å². The molecule has 0 aliphatic heterocycles. The van der Waals surface area contributed by atoms with Crippen molar-refractivity contribution in [2.75, 3.05) is 13.2 Å². The van der Waals surface area contributed by atoms with Gasteiger partial charge in [0.15, 0.2) is 0 Å². The molecule has 1 heterocycles. The summed E-state index contributed by atoms with van der Waals surface area (Å²) in [4.78, 5) is 11.0. The molecule has 2 N–H and O–H groups in total. The molecule has 0 aromatic carbocycles. The van der Waals surface area contributed by atoms with Gasteiger partial charge < -0.3 is 10.2 Å². The summed E-state index contributed by atoms with van der Waals surface area (Å²) in [7, 11) is -3.77. The fraction of sp³-hybridized carbons (Fsp3) is 0.545. The molecule has 0 aliphatic rings. The van der Waals surface area contributed by atoms with Gasteiger partial charge in [0.05, 0.1) is 6.61 Å². The summed E-state index contributed by atoms with van der Waals surface area (Å²) in [6, 6.07) is 1.05. The normalized spacial score (nSPS) is 12.3. The number of hydrogen-bond acceptors (Lipinski definition) is 5. The second kappa shape index (κ2) is 6.00. The van der Waals surface area contributed by atoms with Gasteiger partial charge in [0.2, 0.25) is 0 Å². The topological polar surface area (TPSA) is 94.9 Å². The Kier molecular flexibility index (Phi) is 5.08. The molecule has 108 valence electrons. The minimum Gasteiger partial charge on any atom is -0.477 e.